The highest BCUT2D eigenvalue weighted by Crippen LogP contribution is 2.22. The van der Waals surface area contributed by atoms with Crippen LogP contribution in [0.3, 0.4) is 0 Å². The van der Waals surface area contributed by atoms with Crippen molar-refractivity contribution in [2.24, 2.45) is 0 Å². The number of nitrogens with one attached hydrogen (secondary N) is 1. The van der Waals surface area contributed by atoms with Crippen molar-refractivity contribution >= 4 is 34.5 Å². The van der Waals surface area contributed by atoms with Crippen molar-refractivity contribution in [3.05, 3.63) is 34.1 Å². The van der Waals surface area contributed by atoms with Crippen LogP contribution in [-0.4, -0.2) is 53.0 Å². The fraction of sp³-hybridized carbons (Fsp3) is 0.545. The van der Waals surface area contributed by atoms with Gasteiger partial charge in [-0.1, -0.05) is 25.1 Å². The van der Waals surface area contributed by atoms with E-state index in [0.717, 1.165) is 25.7 Å². The Hall–Kier alpha value is -2.39. The Bertz CT molecular complexity index is 1000. The van der Waals surface area contributed by atoms with Crippen LogP contribution in [0.15, 0.2) is 28.2 Å². The zero-order chi connectivity index (χ0) is 22.4. The van der Waals surface area contributed by atoms with Crippen LogP contribution in [0.2, 0.25) is 0 Å². The fourth-order valence-corrected chi connectivity index (χ4v) is 4.48. The van der Waals surface area contributed by atoms with Crippen molar-refractivity contribution in [2.75, 3.05) is 19.5 Å². The smallest absolute Gasteiger partial charge is 0.337 e. The molecule has 9 heteroatoms. The molecule has 1 aromatic carbocycles. The van der Waals surface area contributed by atoms with Crippen molar-refractivity contribution in [1.29, 1.82) is 0 Å². The first kappa shape index (κ1) is 23.3. The van der Waals surface area contributed by atoms with Gasteiger partial charge in [0.2, 0.25) is 5.91 Å². The summed E-state index contributed by atoms with van der Waals surface area (Å²) < 4.78 is 12.1. The maximum absolute atomic E-state index is 13.2. The third-order valence-corrected chi connectivity index (χ3v) is 6.19. The molecule has 0 aliphatic carbocycles. The third kappa shape index (κ3) is 5.86. The Balaban J connectivity index is 1.91. The van der Waals surface area contributed by atoms with Gasteiger partial charge in [-0.15, -0.1) is 0 Å². The number of aromatic nitrogens is 2. The molecule has 1 aliphatic rings. The molecule has 1 N–H and O–H groups in total. The zero-order valence-electron chi connectivity index (χ0n) is 18.2. The number of carbonyl (C=O) groups is 2. The number of fused-ring (bicyclic) bond motifs is 1. The number of esters is 1. The number of methoxy groups -OCH3 is 1. The highest BCUT2D eigenvalue weighted by atomic mass is 32.2. The topological polar surface area (TPSA) is 99.5 Å². The second-order valence-electron chi connectivity index (χ2n) is 7.71. The molecule has 8 nitrogen and oxygen atoms in total. The molecule has 0 bridgehead atoms. The molecule has 1 aliphatic heterocycles. The van der Waals surface area contributed by atoms with Crippen LogP contribution in [0.25, 0.3) is 10.9 Å². The summed E-state index contributed by atoms with van der Waals surface area (Å²) in [6, 6.07) is 4.80. The van der Waals surface area contributed by atoms with Crippen molar-refractivity contribution in [1.82, 2.24) is 14.9 Å². The normalized spacial score (nSPS) is 16.9. The molecule has 3 rings (SSSR count). The van der Waals surface area contributed by atoms with E-state index in [1.165, 1.54) is 18.9 Å². The SMILES string of the molecule is CCC[C@H](C)NC(=O)CSc1nc2cc(C(=O)OC)ccc2c(=O)n1C[C@H]1CCCO1. The lowest BCUT2D eigenvalue weighted by atomic mass is 10.1. The summed E-state index contributed by atoms with van der Waals surface area (Å²) in [6.45, 7) is 5.12. The maximum atomic E-state index is 13.2. The minimum Gasteiger partial charge on any atom is -0.465 e. The first-order chi connectivity index (χ1) is 14.9. The van der Waals surface area contributed by atoms with Gasteiger partial charge in [0.05, 0.1) is 42.0 Å². The van der Waals surface area contributed by atoms with Crippen LogP contribution in [0, 0.1) is 0 Å². The summed E-state index contributed by atoms with van der Waals surface area (Å²) in [7, 11) is 1.30. The van der Waals surface area contributed by atoms with Gasteiger partial charge >= 0.3 is 5.97 Å². The van der Waals surface area contributed by atoms with Crippen LogP contribution < -0.4 is 10.9 Å². The lowest BCUT2D eigenvalue weighted by Gasteiger charge is -2.17. The molecule has 1 amide bonds. The zero-order valence-corrected chi connectivity index (χ0v) is 19.0. The van der Waals surface area contributed by atoms with E-state index < -0.39 is 5.97 Å². The highest BCUT2D eigenvalue weighted by Gasteiger charge is 2.21. The molecule has 31 heavy (non-hydrogen) atoms. The maximum Gasteiger partial charge on any atom is 0.337 e. The molecule has 2 atom stereocenters. The molecule has 0 spiro atoms. The highest BCUT2D eigenvalue weighted by molar-refractivity contribution is 7.99. The van der Waals surface area contributed by atoms with Crippen LogP contribution in [-0.2, 0) is 20.8 Å². The Morgan fingerprint density at radius 2 is 2.23 bits per heavy atom. The number of amides is 1. The largest absolute Gasteiger partial charge is 0.465 e. The lowest BCUT2D eigenvalue weighted by Crippen LogP contribution is -2.34. The molecule has 168 valence electrons. The molecular weight excluding hydrogens is 418 g/mol. The number of thioether (sulfide) groups is 1. The van der Waals surface area contributed by atoms with E-state index in [-0.39, 0.29) is 29.4 Å². The quantitative estimate of drug-likeness (QED) is 0.358. The standard InChI is InChI=1S/C22H29N3O5S/c1-4-6-14(2)23-19(26)13-31-22-24-18-11-15(21(28)29-3)8-9-17(18)20(27)25(22)12-16-7-5-10-30-16/h8-9,11,14,16H,4-7,10,12-13H2,1-3H3,(H,23,26)/t14-,16+/m0/s1. The molecule has 1 aromatic heterocycles. The van der Waals surface area contributed by atoms with E-state index in [1.54, 1.807) is 22.8 Å². The third-order valence-electron chi connectivity index (χ3n) is 5.21. The Labute approximate surface area is 185 Å². The molecule has 2 heterocycles. The summed E-state index contributed by atoms with van der Waals surface area (Å²) in [5, 5.41) is 3.82. The van der Waals surface area contributed by atoms with Crippen LogP contribution >= 0.6 is 11.8 Å². The average Bonchev–Trinajstić information content (AvgIpc) is 3.27. The van der Waals surface area contributed by atoms with Gasteiger partial charge in [0, 0.05) is 12.6 Å². The van der Waals surface area contributed by atoms with Crippen molar-refractivity contribution in [3.8, 4) is 0 Å². The van der Waals surface area contributed by atoms with Crippen LogP contribution in [0.1, 0.15) is 49.9 Å². The average molecular weight is 448 g/mol. The molecule has 1 fully saturated rings. The summed E-state index contributed by atoms with van der Waals surface area (Å²) in [5.74, 6) is -0.452. The monoisotopic (exact) mass is 447 g/mol. The number of hydrogen-bond donors (Lipinski definition) is 1. The van der Waals surface area contributed by atoms with Gasteiger partial charge < -0.3 is 14.8 Å². The second-order valence-corrected chi connectivity index (χ2v) is 8.66. The van der Waals surface area contributed by atoms with Gasteiger partial charge in [-0.25, -0.2) is 9.78 Å². The molecule has 0 saturated carbocycles. The van der Waals surface area contributed by atoms with Gasteiger partial charge in [-0.05, 0) is 44.4 Å². The number of hydrogen-bond acceptors (Lipinski definition) is 7. The lowest BCUT2D eigenvalue weighted by molar-refractivity contribution is -0.119. The van der Waals surface area contributed by atoms with E-state index in [1.807, 2.05) is 6.92 Å². The Morgan fingerprint density at radius 3 is 2.90 bits per heavy atom. The minimum absolute atomic E-state index is 0.0518. The minimum atomic E-state index is -0.495. The van der Waals surface area contributed by atoms with E-state index >= 15 is 0 Å². The number of ether oxygens (including phenoxy) is 2. The van der Waals surface area contributed by atoms with Gasteiger partial charge in [0.25, 0.3) is 5.56 Å². The predicted molar refractivity (Wildman–Crippen MR) is 120 cm³/mol. The predicted octanol–water partition coefficient (Wildman–Crippen LogP) is 2.76. The fourth-order valence-electron chi connectivity index (χ4n) is 3.66. The Morgan fingerprint density at radius 1 is 1.42 bits per heavy atom. The Kier molecular flexibility index (Phi) is 8.09. The van der Waals surface area contributed by atoms with E-state index in [4.69, 9.17) is 9.47 Å². The summed E-state index contributed by atoms with van der Waals surface area (Å²) in [4.78, 5) is 42.1. The van der Waals surface area contributed by atoms with Gasteiger partial charge in [0.15, 0.2) is 5.16 Å². The second kappa shape index (κ2) is 10.8. The molecule has 1 saturated heterocycles. The van der Waals surface area contributed by atoms with E-state index in [2.05, 4.69) is 17.2 Å². The van der Waals surface area contributed by atoms with Crippen LogP contribution in [0.5, 0.6) is 0 Å². The first-order valence-corrected chi connectivity index (χ1v) is 11.6. The van der Waals surface area contributed by atoms with E-state index in [0.29, 0.717) is 34.8 Å². The molecule has 2 aromatic rings. The van der Waals surface area contributed by atoms with Crippen molar-refractivity contribution in [3.63, 3.8) is 0 Å². The summed E-state index contributed by atoms with van der Waals surface area (Å²) in [5.41, 5.74) is 0.513. The molecule has 0 radical (unpaired) electrons. The molecule has 0 unspecified atom stereocenters. The van der Waals surface area contributed by atoms with Crippen LogP contribution in [0.4, 0.5) is 0 Å². The van der Waals surface area contributed by atoms with Crippen molar-refractivity contribution in [2.45, 2.75) is 63.4 Å². The van der Waals surface area contributed by atoms with Crippen molar-refractivity contribution < 1.29 is 19.1 Å². The first-order valence-electron chi connectivity index (χ1n) is 10.6. The van der Waals surface area contributed by atoms with Gasteiger partial charge in [0.1, 0.15) is 0 Å². The number of nitrogens with zero attached hydrogens (tertiary/aromatic N) is 2. The van der Waals surface area contributed by atoms with Gasteiger partial charge in [-0.2, -0.15) is 0 Å². The number of carbonyl (C=O) groups excluding carboxylic acids is 2. The molecular formula is C22H29N3O5S. The number of benzene rings is 1. The number of rotatable bonds is 9. The van der Waals surface area contributed by atoms with E-state index in [9.17, 15) is 14.4 Å². The summed E-state index contributed by atoms with van der Waals surface area (Å²) in [6.07, 6.45) is 3.69. The summed E-state index contributed by atoms with van der Waals surface area (Å²) >= 11 is 1.22. The van der Waals surface area contributed by atoms with Gasteiger partial charge in [-0.3, -0.25) is 14.2 Å².